The fourth-order valence-corrected chi connectivity index (χ4v) is 4.08. The van der Waals surface area contributed by atoms with Crippen molar-refractivity contribution < 1.29 is 9.90 Å². The van der Waals surface area contributed by atoms with E-state index in [-0.39, 0.29) is 11.8 Å². The molecule has 1 aliphatic rings. The van der Waals surface area contributed by atoms with Gasteiger partial charge in [0.05, 0.1) is 11.6 Å². The zero-order chi connectivity index (χ0) is 18.1. The lowest BCUT2D eigenvalue weighted by atomic mass is 9.86. The van der Waals surface area contributed by atoms with E-state index >= 15 is 0 Å². The molecule has 0 aliphatic carbocycles. The fraction of sp³-hybridized carbons (Fsp3) is 0.500. The highest BCUT2D eigenvalue weighted by Crippen LogP contribution is 2.35. The van der Waals surface area contributed by atoms with Crippen molar-refractivity contribution >= 4 is 5.97 Å². The number of carboxylic acids is 1. The van der Waals surface area contributed by atoms with Gasteiger partial charge in [0, 0.05) is 43.4 Å². The van der Waals surface area contributed by atoms with E-state index in [1.807, 2.05) is 23.7 Å². The summed E-state index contributed by atoms with van der Waals surface area (Å²) in [5, 5.41) is 14.3. The van der Waals surface area contributed by atoms with Crippen molar-refractivity contribution in [2.45, 2.75) is 46.7 Å². The monoisotopic (exact) mass is 341 g/mol. The highest BCUT2D eigenvalue weighted by atomic mass is 16.4. The Hall–Kier alpha value is -2.14. The van der Waals surface area contributed by atoms with Crippen molar-refractivity contribution in [2.24, 2.45) is 5.92 Å². The maximum absolute atomic E-state index is 11.8. The van der Waals surface area contributed by atoms with E-state index < -0.39 is 5.97 Å². The number of hydrogen-bond donors (Lipinski definition) is 1. The van der Waals surface area contributed by atoms with Crippen LogP contribution in [0.3, 0.4) is 0 Å². The van der Waals surface area contributed by atoms with Crippen molar-refractivity contribution in [3.63, 3.8) is 0 Å². The molecule has 5 nitrogen and oxygen atoms in total. The highest BCUT2D eigenvalue weighted by Gasteiger charge is 2.39. The molecule has 1 aliphatic heterocycles. The zero-order valence-electron chi connectivity index (χ0n) is 15.5. The predicted octanol–water partition coefficient (Wildman–Crippen LogP) is 3.13. The summed E-state index contributed by atoms with van der Waals surface area (Å²) in [5.41, 5.74) is 5.80. The average molecular weight is 341 g/mol. The van der Waals surface area contributed by atoms with Crippen LogP contribution in [0.2, 0.25) is 0 Å². The third-order valence-electron chi connectivity index (χ3n) is 5.51. The largest absolute Gasteiger partial charge is 0.481 e. The number of nitrogens with zero attached hydrogens (tertiary/aromatic N) is 3. The van der Waals surface area contributed by atoms with E-state index in [0.29, 0.717) is 6.54 Å². The summed E-state index contributed by atoms with van der Waals surface area (Å²) >= 11 is 0. The molecule has 1 aromatic carbocycles. The second-order valence-electron chi connectivity index (χ2n) is 7.07. The van der Waals surface area contributed by atoms with Gasteiger partial charge in [-0.15, -0.1) is 0 Å². The second kappa shape index (κ2) is 7.00. The molecule has 2 atom stereocenters. The molecule has 0 unspecified atom stereocenters. The van der Waals surface area contributed by atoms with Crippen LogP contribution in [-0.4, -0.2) is 38.8 Å². The van der Waals surface area contributed by atoms with Gasteiger partial charge in [0.25, 0.3) is 0 Å². The van der Waals surface area contributed by atoms with Crippen LogP contribution in [-0.2, 0) is 17.9 Å². The van der Waals surface area contributed by atoms with Gasteiger partial charge < -0.3 is 5.11 Å². The summed E-state index contributed by atoms with van der Waals surface area (Å²) in [6.45, 7) is 11.3. The van der Waals surface area contributed by atoms with Crippen molar-refractivity contribution in [1.29, 1.82) is 0 Å². The highest BCUT2D eigenvalue weighted by molar-refractivity contribution is 5.72. The molecule has 0 radical (unpaired) electrons. The van der Waals surface area contributed by atoms with Crippen LogP contribution in [0, 0.1) is 26.7 Å². The Morgan fingerprint density at radius 1 is 1.24 bits per heavy atom. The quantitative estimate of drug-likeness (QED) is 0.908. The number of hydrogen-bond acceptors (Lipinski definition) is 3. The minimum absolute atomic E-state index is 0.0422. The Balaban J connectivity index is 1.85. The number of rotatable bonds is 5. The van der Waals surface area contributed by atoms with E-state index in [2.05, 4.69) is 42.9 Å². The minimum Gasteiger partial charge on any atom is -0.481 e. The van der Waals surface area contributed by atoms with Gasteiger partial charge in [-0.05, 0) is 38.8 Å². The van der Waals surface area contributed by atoms with Gasteiger partial charge in [0.2, 0.25) is 0 Å². The average Bonchev–Trinajstić information content (AvgIpc) is 3.12. The molecule has 1 fully saturated rings. The van der Waals surface area contributed by atoms with Crippen LogP contribution in [0.5, 0.6) is 0 Å². The molecule has 0 spiro atoms. The van der Waals surface area contributed by atoms with E-state index in [0.717, 1.165) is 30.9 Å². The summed E-state index contributed by atoms with van der Waals surface area (Å²) < 4.78 is 2.02. The van der Waals surface area contributed by atoms with Gasteiger partial charge in [-0.25, -0.2) is 0 Å². The van der Waals surface area contributed by atoms with Crippen LogP contribution in [0.25, 0.3) is 0 Å². The molecular formula is C20H27N3O2. The first kappa shape index (κ1) is 17.7. The van der Waals surface area contributed by atoms with Gasteiger partial charge in [-0.3, -0.25) is 14.4 Å². The van der Waals surface area contributed by atoms with E-state index in [4.69, 9.17) is 0 Å². The molecule has 0 bridgehead atoms. The SMILES string of the molecule is CCn1nc(C)c(CN2C[C@H](C(=O)O)[C@@H](c3ccccc3C)C2)c1C. The molecule has 1 aromatic heterocycles. The summed E-state index contributed by atoms with van der Waals surface area (Å²) in [6.07, 6.45) is 0. The number of benzene rings is 1. The number of likely N-dealkylation sites (tertiary alicyclic amines) is 1. The van der Waals surface area contributed by atoms with Crippen LogP contribution in [0.1, 0.15) is 40.9 Å². The fourth-order valence-electron chi connectivity index (χ4n) is 4.08. The van der Waals surface area contributed by atoms with Gasteiger partial charge in [-0.1, -0.05) is 24.3 Å². The van der Waals surface area contributed by atoms with Gasteiger partial charge >= 0.3 is 5.97 Å². The number of carbonyl (C=O) groups is 1. The van der Waals surface area contributed by atoms with Gasteiger partial charge in [0.1, 0.15) is 0 Å². The third kappa shape index (κ3) is 3.33. The lowest BCUT2D eigenvalue weighted by molar-refractivity contribution is -0.141. The first-order valence-electron chi connectivity index (χ1n) is 8.96. The van der Waals surface area contributed by atoms with Crippen molar-refractivity contribution in [3.05, 3.63) is 52.3 Å². The summed E-state index contributed by atoms with van der Waals surface area (Å²) in [4.78, 5) is 14.1. The Morgan fingerprint density at radius 2 is 1.96 bits per heavy atom. The van der Waals surface area contributed by atoms with E-state index in [1.165, 1.54) is 16.8 Å². The lowest BCUT2D eigenvalue weighted by Crippen LogP contribution is -2.23. The Labute approximate surface area is 149 Å². The van der Waals surface area contributed by atoms with E-state index in [1.54, 1.807) is 0 Å². The Kier molecular flexibility index (Phi) is 4.95. The minimum atomic E-state index is -0.701. The van der Waals surface area contributed by atoms with Gasteiger partial charge in [0.15, 0.2) is 0 Å². The summed E-state index contributed by atoms with van der Waals surface area (Å²) in [7, 11) is 0. The number of aryl methyl sites for hydroxylation is 3. The molecule has 5 heteroatoms. The molecule has 1 saturated heterocycles. The third-order valence-corrected chi connectivity index (χ3v) is 5.51. The zero-order valence-corrected chi connectivity index (χ0v) is 15.5. The topological polar surface area (TPSA) is 58.4 Å². The van der Waals surface area contributed by atoms with Crippen molar-refractivity contribution in [3.8, 4) is 0 Å². The smallest absolute Gasteiger partial charge is 0.308 e. The molecule has 134 valence electrons. The molecule has 2 aromatic rings. The number of carboxylic acid groups (broad SMARTS) is 1. The van der Waals surface area contributed by atoms with Crippen LogP contribution < -0.4 is 0 Å². The normalized spacial score (nSPS) is 21.0. The van der Waals surface area contributed by atoms with Crippen LogP contribution in [0.4, 0.5) is 0 Å². The maximum Gasteiger partial charge on any atom is 0.308 e. The standard InChI is InChI=1S/C20H27N3O2/c1-5-23-15(4)17(14(3)21-23)10-22-11-18(19(12-22)20(24)25)16-9-7-6-8-13(16)2/h6-9,18-19H,5,10-12H2,1-4H3,(H,24,25)/t18-,19+/m1/s1. The maximum atomic E-state index is 11.8. The number of aliphatic carboxylic acids is 1. The Morgan fingerprint density at radius 3 is 2.56 bits per heavy atom. The molecule has 3 rings (SSSR count). The molecule has 25 heavy (non-hydrogen) atoms. The summed E-state index contributed by atoms with van der Waals surface area (Å²) in [6, 6.07) is 8.15. The molecule has 0 amide bonds. The summed E-state index contributed by atoms with van der Waals surface area (Å²) in [5.74, 6) is -1.02. The van der Waals surface area contributed by atoms with Crippen molar-refractivity contribution in [2.75, 3.05) is 13.1 Å². The van der Waals surface area contributed by atoms with E-state index in [9.17, 15) is 9.90 Å². The molecular weight excluding hydrogens is 314 g/mol. The Bertz CT molecular complexity index is 781. The molecule has 0 saturated carbocycles. The van der Waals surface area contributed by atoms with Gasteiger partial charge in [-0.2, -0.15) is 5.10 Å². The predicted molar refractivity (Wildman–Crippen MR) is 97.7 cm³/mol. The van der Waals surface area contributed by atoms with Crippen LogP contribution in [0.15, 0.2) is 24.3 Å². The van der Waals surface area contributed by atoms with Crippen LogP contribution >= 0.6 is 0 Å². The number of aromatic nitrogens is 2. The first-order valence-corrected chi connectivity index (χ1v) is 8.96. The molecule has 2 heterocycles. The molecule has 1 N–H and O–H groups in total. The first-order chi connectivity index (χ1) is 11.9. The lowest BCUT2D eigenvalue weighted by Gasteiger charge is -2.18. The second-order valence-corrected chi connectivity index (χ2v) is 7.07. The van der Waals surface area contributed by atoms with Crippen molar-refractivity contribution in [1.82, 2.24) is 14.7 Å².